The Morgan fingerprint density at radius 3 is 2.50 bits per heavy atom. The molecular formula is C21H37NO4. The van der Waals surface area contributed by atoms with Crippen LogP contribution in [0.4, 0.5) is 0 Å². The first kappa shape index (κ1) is 20.1. The lowest BCUT2D eigenvalue weighted by atomic mass is 9.70. The molecule has 0 spiro atoms. The summed E-state index contributed by atoms with van der Waals surface area (Å²) >= 11 is 0. The van der Waals surface area contributed by atoms with Crippen molar-refractivity contribution >= 4 is 5.97 Å². The van der Waals surface area contributed by atoms with Crippen molar-refractivity contribution in [1.82, 2.24) is 4.90 Å². The van der Waals surface area contributed by atoms with E-state index in [0.29, 0.717) is 19.8 Å². The van der Waals surface area contributed by atoms with E-state index in [-0.39, 0.29) is 28.8 Å². The van der Waals surface area contributed by atoms with E-state index >= 15 is 0 Å². The largest absolute Gasteiger partial charge is 0.466 e. The van der Waals surface area contributed by atoms with Crippen molar-refractivity contribution < 1.29 is 19.4 Å². The van der Waals surface area contributed by atoms with Gasteiger partial charge in [0.05, 0.1) is 31.3 Å². The standard InChI is InChI=1S/C21H37NO4/c1-5-25-18(24)15-7-10-22(11-8-15)13-17(23)14-26-19-20(2,3)16-6-9-21(19,4)12-16/h15-17,19,23H,5-14H2,1-4H3/t16-,17+,19+,21-/m0/s1. The van der Waals surface area contributed by atoms with Crippen LogP contribution in [0.15, 0.2) is 0 Å². The van der Waals surface area contributed by atoms with Gasteiger partial charge in [0, 0.05) is 6.54 Å². The zero-order valence-corrected chi connectivity index (χ0v) is 17.0. The summed E-state index contributed by atoms with van der Waals surface area (Å²) in [6, 6.07) is 0. The van der Waals surface area contributed by atoms with Crippen molar-refractivity contribution in [3.63, 3.8) is 0 Å². The predicted molar refractivity (Wildman–Crippen MR) is 101 cm³/mol. The average molecular weight is 368 g/mol. The minimum absolute atomic E-state index is 0.0226. The third kappa shape index (κ3) is 3.95. The second-order valence-electron chi connectivity index (χ2n) is 9.61. The highest BCUT2D eigenvalue weighted by Gasteiger charge is 2.60. The Balaban J connectivity index is 1.41. The summed E-state index contributed by atoms with van der Waals surface area (Å²) in [5.74, 6) is 0.716. The first-order chi connectivity index (χ1) is 12.3. The van der Waals surface area contributed by atoms with Crippen LogP contribution in [0.3, 0.4) is 0 Å². The number of fused-ring (bicyclic) bond motifs is 2. The lowest BCUT2D eigenvalue weighted by Gasteiger charge is -2.42. The van der Waals surface area contributed by atoms with Gasteiger partial charge in [0.25, 0.3) is 0 Å². The molecule has 2 saturated carbocycles. The minimum Gasteiger partial charge on any atom is -0.466 e. The molecule has 3 aliphatic rings. The van der Waals surface area contributed by atoms with Crippen LogP contribution in [0, 0.1) is 22.7 Å². The third-order valence-electron chi connectivity index (χ3n) is 7.27. The highest BCUT2D eigenvalue weighted by Crippen LogP contribution is 2.63. The SMILES string of the molecule is CCOC(=O)C1CCN(C[C@@H](O)CO[C@@H]2C(C)(C)[C@H]3CC[C@@]2(C)C3)CC1. The molecule has 0 unspecified atom stereocenters. The molecule has 4 atom stereocenters. The van der Waals surface area contributed by atoms with Gasteiger partial charge in [0.15, 0.2) is 0 Å². The summed E-state index contributed by atoms with van der Waals surface area (Å²) in [4.78, 5) is 14.1. The van der Waals surface area contributed by atoms with Crippen LogP contribution in [0.2, 0.25) is 0 Å². The maximum atomic E-state index is 11.8. The molecule has 3 fully saturated rings. The molecular weight excluding hydrogens is 330 g/mol. The maximum Gasteiger partial charge on any atom is 0.309 e. The van der Waals surface area contributed by atoms with Gasteiger partial charge in [-0.25, -0.2) is 0 Å². The number of hydrogen-bond donors (Lipinski definition) is 1. The Morgan fingerprint density at radius 2 is 1.92 bits per heavy atom. The number of nitrogens with zero attached hydrogens (tertiary/aromatic N) is 1. The zero-order chi connectivity index (χ0) is 18.9. The summed E-state index contributed by atoms with van der Waals surface area (Å²) in [6.07, 6.45) is 5.27. The molecule has 0 aromatic rings. The molecule has 1 heterocycles. The van der Waals surface area contributed by atoms with E-state index in [1.54, 1.807) is 0 Å². The molecule has 1 N–H and O–H groups in total. The molecule has 5 nitrogen and oxygen atoms in total. The van der Waals surface area contributed by atoms with Crippen molar-refractivity contribution in [1.29, 1.82) is 0 Å². The number of hydrogen-bond acceptors (Lipinski definition) is 5. The molecule has 0 radical (unpaired) electrons. The third-order valence-corrected chi connectivity index (χ3v) is 7.27. The molecule has 0 amide bonds. The molecule has 2 bridgehead atoms. The Bertz CT molecular complexity index is 495. The van der Waals surface area contributed by atoms with Gasteiger partial charge in [-0.2, -0.15) is 0 Å². The van der Waals surface area contributed by atoms with Gasteiger partial charge in [0.2, 0.25) is 0 Å². The van der Waals surface area contributed by atoms with E-state index in [4.69, 9.17) is 9.47 Å². The first-order valence-corrected chi connectivity index (χ1v) is 10.4. The highest BCUT2D eigenvalue weighted by atomic mass is 16.5. The number of aliphatic hydroxyl groups excluding tert-OH is 1. The van der Waals surface area contributed by atoms with Gasteiger partial charge in [-0.05, 0) is 68.9 Å². The summed E-state index contributed by atoms with van der Waals surface area (Å²) in [7, 11) is 0. The molecule has 0 aromatic carbocycles. The Labute approximate surface area is 158 Å². The number of carbonyl (C=O) groups is 1. The summed E-state index contributed by atoms with van der Waals surface area (Å²) in [5, 5.41) is 10.5. The van der Waals surface area contributed by atoms with Gasteiger partial charge >= 0.3 is 5.97 Å². The molecule has 150 valence electrons. The number of aliphatic hydroxyl groups is 1. The second kappa shape index (κ2) is 7.76. The predicted octanol–water partition coefficient (Wildman–Crippen LogP) is 2.85. The van der Waals surface area contributed by atoms with E-state index in [9.17, 15) is 9.90 Å². The van der Waals surface area contributed by atoms with E-state index < -0.39 is 6.10 Å². The lowest BCUT2D eigenvalue weighted by molar-refractivity contribution is -0.149. The van der Waals surface area contributed by atoms with Crippen LogP contribution in [0.25, 0.3) is 0 Å². The highest BCUT2D eigenvalue weighted by molar-refractivity contribution is 5.72. The van der Waals surface area contributed by atoms with Crippen LogP contribution in [-0.2, 0) is 14.3 Å². The molecule has 1 aliphatic heterocycles. The van der Waals surface area contributed by atoms with Crippen molar-refractivity contribution in [2.45, 2.75) is 72.0 Å². The van der Waals surface area contributed by atoms with Crippen molar-refractivity contribution in [3.05, 3.63) is 0 Å². The van der Waals surface area contributed by atoms with Gasteiger partial charge in [-0.3, -0.25) is 4.79 Å². The van der Waals surface area contributed by atoms with Gasteiger partial charge < -0.3 is 19.5 Å². The second-order valence-corrected chi connectivity index (χ2v) is 9.61. The number of carbonyl (C=O) groups excluding carboxylic acids is 1. The molecule has 5 heteroatoms. The van der Waals surface area contributed by atoms with Crippen LogP contribution >= 0.6 is 0 Å². The Hall–Kier alpha value is -0.650. The average Bonchev–Trinajstić information content (AvgIpc) is 3.06. The van der Waals surface area contributed by atoms with Crippen LogP contribution in [-0.4, -0.2) is 61.0 Å². The fourth-order valence-electron chi connectivity index (χ4n) is 5.84. The topological polar surface area (TPSA) is 59.0 Å². The van der Waals surface area contributed by atoms with E-state index in [1.165, 1.54) is 19.3 Å². The zero-order valence-electron chi connectivity index (χ0n) is 17.0. The molecule has 2 aliphatic carbocycles. The summed E-state index contributed by atoms with van der Waals surface area (Å²) in [6.45, 7) is 12.0. The number of esters is 1. The maximum absolute atomic E-state index is 11.8. The van der Waals surface area contributed by atoms with Gasteiger partial charge in [-0.15, -0.1) is 0 Å². The summed E-state index contributed by atoms with van der Waals surface area (Å²) in [5.41, 5.74) is 0.497. The Kier molecular flexibility index (Phi) is 6.00. The number of rotatable bonds is 7. The fraction of sp³-hybridized carbons (Fsp3) is 0.952. The Morgan fingerprint density at radius 1 is 1.23 bits per heavy atom. The summed E-state index contributed by atoms with van der Waals surface area (Å²) < 4.78 is 11.4. The molecule has 26 heavy (non-hydrogen) atoms. The fourth-order valence-corrected chi connectivity index (χ4v) is 5.84. The van der Waals surface area contributed by atoms with E-state index in [1.807, 2.05) is 6.92 Å². The van der Waals surface area contributed by atoms with Crippen LogP contribution in [0.5, 0.6) is 0 Å². The lowest BCUT2D eigenvalue weighted by Crippen LogP contribution is -2.46. The van der Waals surface area contributed by atoms with Crippen LogP contribution in [0.1, 0.15) is 59.8 Å². The smallest absolute Gasteiger partial charge is 0.309 e. The molecule has 3 rings (SSSR count). The quantitative estimate of drug-likeness (QED) is 0.701. The normalized spacial score (nSPS) is 35.6. The monoisotopic (exact) mass is 367 g/mol. The van der Waals surface area contributed by atoms with Crippen LogP contribution < -0.4 is 0 Å². The van der Waals surface area contributed by atoms with Gasteiger partial charge in [0.1, 0.15) is 0 Å². The van der Waals surface area contributed by atoms with Gasteiger partial charge in [-0.1, -0.05) is 20.8 Å². The van der Waals surface area contributed by atoms with E-state index in [0.717, 1.165) is 31.8 Å². The number of β-amino-alcohol motifs (C(OH)–C–C–N with tert-alkyl or cyclic N) is 1. The molecule has 0 aromatic heterocycles. The number of ether oxygens (including phenoxy) is 2. The van der Waals surface area contributed by atoms with Crippen molar-refractivity contribution in [2.75, 3.05) is 32.8 Å². The minimum atomic E-state index is -0.465. The number of piperidine rings is 1. The number of likely N-dealkylation sites (tertiary alicyclic amines) is 1. The molecule has 1 saturated heterocycles. The van der Waals surface area contributed by atoms with Crippen molar-refractivity contribution in [2.24, 2.45) is 22.7 Å². The van der Waals surface area contributed by atoms with E-state index in [2.05, 4.69) is 25.7 Å². The first-order valence-electron chi connectivity index (χ1n) is 10.4. The van der Waals surface area contributed by atoms with Crippen molar-refractivity contribution in [3.8, 4) is 0 Å².